The number of ether oxygens (including phenoxy) is 1. The molecule has 0 aromatic heterocycles. The average Bonchev–Trinajstić information content (AvgIpc) is 2.60. The third-order valence-electron chi connectivity index (χ3n) is 4.04. The van der Waals surface area contributed by atoms with Crippen LogP contribution in [0.1, 0.15) is 24.1 Å². The maximum absolute atomic E-state index is 10.3. The molecule has 23 heavy (non-hydrogen) atoms. The van der Waals surface area contributed by atoms with Crippen molar-refractivity contribution in [2.75, 3.05) is 13.7 Å². The molecule has 4 nitrogen and oxygen atoms in total. The maximum Gasteiger partial charge on any atom is 0.119 e. The summed E-state index contributed by atoms with van der Waals surface area (Å²) < 4.78 is 5.24. The summed E-state index contributed by atoms with van der Waals surface area (Å²) in [6, 6.07) is 17.7. The lowest BCUT2D eigenvalue weighted by Crippen LogP contribution is -2.43. The molecule has 0 spiro atoms. The first-order valence-corrected chi connectivity index (χ1v) is 7.95. The van der Waals surface area contributed by atoms with Crippen molar-refractivity contribution in [3.05, 3.63) is 65.7 Å². The number of hydrogen-bond donors (Lipinski definition) is 3. The van der Waals surface area contributed by atoms with Crippen molar-refractivity contribution in [1.29, 1.82) is 0 Å². The Labute approximate surface area is 138 Å². The number of nitrogens with one attached hydrogen (secondary N) is 1. The molecule has 0 bridgehead atoms. The Kier molecular flexibility index (Phi) is 6.59. The van der Waals surface area contributed by atoms with Crippen LogP contribution in [-0.4, -0.2) is 30.9 Å². The lowest BCUT2D eigenvalue weighted by Gasteiger charge is -2.22. The number of aliphatic hydroxyl groups is 1. The summed E-state index contributed by atoms with van der Waals surface area (Å²) in [6.45, 7) is 2.51. The monoisotopic (exact) mass is 314 g/mol. The van der Waals surface area contributed by atoms with Crippen LogP contribution in [0, 0.1) is 0 Å². The molecular formula is C19H26N2O2. The Morgan fingerprint density at radius 2 is 1.87 bits per heavy atom. The molecule has 0 heterocycles. The Morgan fingerprint density at radius 3 is 2.57 bits per heavy atom. The normalized spacial score (nSPS) is 15.0. The molecule has 0 amide bonds. The molecule has 124 valence electrons. The fourth-order valence-electron chi connectivity index (χ4n) is 2.50. The Hall–Kier alpha value is -1.88. The third kappa shape index (κ3) is 5.36. The first-order valence-electron chi connectivity index (χ1n) is 7.95. The minimum Gasteiger partial charge on any atom is -0.497 e. The highest BCUT2D eigenvalue weighted by molar-refractivity contribution is 5.30. The topological polar surface area (TPSA) is 67.5 Å². The van der Waals surface area contributed by atoms with E-state index in [1.165, 1.54) is 0 Å². The van der Waals surface area contributed by atoms with Gasteiger partial charge in [-0.15, -0.1) is 0 Å². The SMILES string of the molecule is COc1cccc([C@H](C)NC[C@@H](O)[C@@H](N)Cc2ccccc2)c1. The minimum atomic E-state index is -0.594. The molecule has 0 radical (unpaired) electrons. The van der Waals surface area contributed by atoms with Gasteiger partial charge in [-0.2, -0.15) is 0 Å². The number of rotatable bonds is 8. The van der Waals surface area contributed by atoms with E-state index < -0.39 is 6.10 Å². The van der Waals surface area contributed by atoms with Crippen LogP contribution in [-0.2, 0) is 6.42 Å². The van der Waals surface area contributed by atoms with E-state index in [0.29, 0.717) is 13.0 Å². The third-order valence-corrected chi connectivity index (χ3v) is 4.04. The number of hydrogen-bond acceptors (Lipinski definition) is 4. The van der Waals surface area contributed by atoms with E-state index in [4.69, 9.17) is 10.5 Å². The molecule has 0 aliphatic heterocycles. The van der Waals surface area contributed by atoms with Crippen molar-refractivity contribution in [2.45, 2.75) is 31.5 Å². The van der Waals surface area contributed by atoms with Crippen molar-refractivity contribution in [3.8, 4) is 5.75 Å². The average molecular weight is 314 g/mol. The number of aliphatic hydroxyl groups excluding tert-OH is 1. The quantitative estimate of drug-likeness (QED) is 0.699. The van der Waals surface area contributed by atoms with Crippen LogP contribution in [0.3, 0.4) is 0 Å². The van der Waals surface area contributed by atoms with Gasteiger partial charge in [0.25, 0.3) is 0 Å². The van der Waals surface area contributed by atoms with Gasteiger partial charge in [0.05, 0.1) is 13.2 Å². The summed E-state index contributed by atoms with van der Waals surface area (Å²) in [5.41, 5.74) is 8.37. The molecule has 2 aromatic rings. The van der Waals surface area contributed by atoms with E-state index in [-0.39, 0.29) is 12.1 Å². The van der Waals surface area contributed by atoms with Gasteiger partial charge in [-0.05, 0) is 36.6 Å². The zero-order valence-electron chi connectivity index (χ0n) is 13.8. The van der Waals surface area contributed by atoms with Crippen LogP contribution < -0.4 is 15.8 Å². The molecule has 0 aliphatic carbocycles. The largest absolute Gasteiger partial charge is 0.497 e. The summed E-state index contributed by atoms with van der Waals surface area (Å²) in [6.07, 6.45) is 0.0697. The standard InChI is InChI=1S/C19H26N2O2/c1-14(16-9-6-10-17(12-16)23-2)21-13-19(22)18(20)11-15-7-4-3-5-8-15/h3-10,12,14,18-19,21-22H,11,13,20H2,1-2H3/t14-,18-,19+/m0/s1. The fourth-order valence-corrected chi connectivity index (χ4v) is 2.50. The van der Waals surface area contributed by atoms with Crippen LogP contribution in [0.2, 0.25) is 0 Å². The number of benzene rings is 2. The summed E-state index contributed by atoms with van der Waals surface area (Å²) in [7, 11) is 1.66. The van der Waals surface area contributed by atoms with Crippen molar-refractivity contribution >= 4 is 0 Å². The number of nitrogens with two attached hydrogens (primary N) is 1. The van der Waals surface area contributed by atoms with Crippen LogP contribution >= 0.6 is 0 Å². The van der Waals surface area contributed by atoms with Crippen LogP contribution in [0.15, 0.2) is 54.6 Å². The lowest BCUT2D eigenvalue weighted by molar-refractivity contribution is 0.138. The molecule has 0 saturated heterocycles. The molecule has 0 saturated carbocycles. The first kappa shape index (κ1) is 17.5. The zero-order chi connectivity index (χ0) is 16.7. The van der Waals surface area contributed by atoms with E-state index in [2.05, 4.69) is 12.2 Å². The van der Waals surface area contributed by atoms with E-state index >= 15 is 0 Å². The van der Waals surface area contributed by atoms with Crippen molar-refractivity contribution < 1.29 is 9.84 Å². The predicted molar refractivity (Wildman–Crippen MR) is 93.5 cm³/mol. The smallest absolute Gasteiger partial charge is 0.119 e. The Balaban J connectivity index is 1.84. The summed E-state index contributed by atoms with van der Waals surface area (Å²) in [4.78, 5) is 0. The van der Waals surface area contributed by atoms with E-state index in [1.54, 1.807) is 7.11 Å². The van der Waals surface area contributed by atoms with Crippen LogP contribution in [0.25, 0.3) is 0 Å². The fraction of sp³-hybridized carbons (Fsp3) is 0.368. The number of methoxy groups -OCH3 is 1. The maximum atomic E-state index is 10.3. The van der Waals surface area contributed by atoms with E-state index in [9.17, 15) is 5.11 Å². The van der Waals surface area contributed by atoms with Gasteiger partial charge >= 0.3 is 0 Å². The van der Waals surface area contributed by atoms with Gasteiger partial charge in [0.1, 0.15) is 5.75 Å². The Bertz CT molecular complexity index is 589. The van der Waals surface area contributed by atoms with Crippen LogP contribution in [0.4, 0.5) is 0 Å². The molecule has 2 rings (SSSR count). The predicted octanol–water partition coefficient (Wildman–Crippen LogP) is 2.28. The highest BCUT2D eigenvalue weighted by Gasteiger charge is 2.16. The molecule has 0 unspecified atom stereocenters. The van der Waals surface area contributed by atoms with Gasteiger partial charge in [-0.1, -0.05) is 42.5 Å². The van der Waals surface area contributed by atoms with E-state index in [0.717, 1.165) is 16.9 Å². The molecule has 4 N–H and O–H groups in total. The lowest BCUT2D eigenvalue weighted by atomic mass is 10.0. The van der Waals surface area contributed by atoms with Gasteiger partial charge in [-0.3, -0.25) is 0 Å². The molecule has 0 fully saturated rings. The van der Waals surface area contributed by atoms with Crippen molar-refractivity contribution in [3.63, 3.8) is 0 Å². The molecule has 2 aromatic carbocycles. The first-order chi connectivity index (χ1) is 11.1. The van der Waals surface area contributed by atoms with Gasteiger partial charge in [-0.25, -0.2) is 0 Å². The molecular weight excluding hydrogens is 288 g/mol. The summed E-state index contributed by atoms with van der Waals surface area (Å²) in [5.74, 6) is 0.831. The van der Waals surface area contributed by atoms with Gasteiger partial charge in [0, 0.05) is 18.6 Å². The van der Waals surface area contributed by atoms with Gasteiger partial charge in [0.15, 0.2) is 0 Å². The van der Waals surface area contributed by atoms with Crippen molar-refractivity contribution in [2.24, 2.45) is 5.73 Å². The minimum absolute atomic E-state index is 0.115. The second-order valence-electron chi connectivity index (χ2n) is 5.83. The van der Waals surface area contributed by atoms with Gasteiger partial charge in [0.2, 0.25) is 0 Å². The highest BCUT2D eigenvalue weighted by atomic mass is 16.5. The second kappa shape index (κ2) is 8.67. The van der Waals surface area contributed by atoms with E-state index in [1.807, 2.05) is 54.6 Å². The van der Waals surface area contributed by atoms with Crippen LogP contribution in [0.5, 0.6) is 5.75 Å². The molecule has 4 heteroatoms. The Morgan fingerprint density at radius 1 is 1.13 bits per heavy atom. The highest BCUT2D eigenvalue weighted by Crippen LogP contribution is 2.18. The molecule has 0 aliphatic rings. The zero-order valence-corrected chi connectivity index (χ0v) is 13.8. The summed E-state index contributed by atoms with van der Waals surface area (Å²) in [5, 5.41) is 13.6. The molecule has 3 atom stereocenters. The van der Waals surface area contributed by atoms with Gasteiger partial charge < -0.3 is 20.9 Å². The summed E-state index contributed by atoms with van der Waals surface area (Å²) >= 11 is 0. The second-order valence-corrected chi connectivity index (χ2v) is 5.83. The van der Waals surface area contributed by atoms with Crippen molar-refractivity contribution in [1.82, 2.24) is 5.32 Å².